The normalized spacial score (nSPS) is 17.9. The Morgan fingerprint density at radius 1 is 0.462 bits per heavy atom. The summed E-state index contributed by atoms with van der Waals surface area (Å²) in [4.78, 5) is 0. The maximum atomic E-state index is 6.77. The molecule has 0 radical (unpaired) electrons. The molecule has 1 atom stereocenters. The first kappa shape index (κ1) is 22.8. The molecule has 1 heteroatoms. The highest BCUT2D eigenvalue weighted by atomic mass is 35.5. The average Bonchev–Trinajstić information content (AvgIpc) is 3.26. The van der Waals surface area contributed by atoms with Crippen molar-refractivity contribution in [3.05, 3.63) is 166 Å². The van der Waals surface area contributed by atoms with E-state index in [0.717, 1.165) is 5.02 Å². The van der Waals surface area contributed by atoms with Crippen molar-refractivity contribution in [3.63, 3.8) is 0 Å². The molecular formula is C38H27Cl. The zero-order chi connectivity index (χ0) is 26.4. The van der Waals surface area contributed by atoms with Crippen molar-refractivity contribution in [2.75, 3.05) is 0 Å². The Kier molecular flexibility index (Phi) is 4.65. The number of rotatable bonds is 1. The number of hydrogen-bond acceptors (Lipinski definition) is 0. The molecule has 0 amide bonds. The first-order chi connectivity index (χ1) is 19.0. The van der Waals surface area contributed by atoms with E-state index in [2.05, 4.69) is 135 Å². The van der Waals surface area contributed by atoms with Crippen LogP contribution in [0.1, 0.15) is 47.2 Å². The van der Waals surface area contributed by atoms with Gasteiger partial charge in [0.2, 0.25) is 0 Å². The Labute approximate surface area is 234 Å². The van der Waals surface area contributed by atoms with Gasteiger partial charge in [0, 0.05) is 10.4 Å². The third kappa shape index (κ3) is 2.90. The van der Waals surface area contributed by atoms with Crippen molar-refractivity contribution in [2.24, 2.45) is 0 Å². The lowest BCUT2D eigenvalue weighted by molar-refractivity contribution is 0.563. The fourth-order valence-electron chi connectivity index (χ4n) is 7.52. The van der Waals surface area contributed by atoms with E-state index in [1.165, 1.54) is 66.4 Å². The molecule has 8 rings (SSSR count). The smallest absolute Gasteiger partial charge is 0.0720 e. The molecule has 0 bridgehead atoms. The van der Waals surface area contributed by atoms with E-state index in [4.69, 9.17) is 11.6 Å². The highest BCUT2D eigenvalue weighted by molar-refractivity contribution is 6.30. The summed E-state index contributed by atoms with van der Waals surface area (Å²) in [5.41, 5.74) is 12.5. The SMILES string of the molecule is CC1(C)c2ccccc2C2(c3ccccc3-c3ccc(Cl)cc32)c2cc(-c3cccc4ccccc34)ccc21. The molecule has 186 valence electrons. The molecule has 2 aliphatic rings. The Morgan fingerprint density at radius 3 is 1.97 bits per heavy atom. The van der Waals surface area contributed by atoms with Crippen LogP contribution in [-0.4, -0.2) is 0 Å². The summed E-state index contributed by atoms with van der Waals surface area (Å²) in [6.07, 6.45) is 0. The summed E-state index contributed by atoms with van der Waals surface area (Å²) < 4.78 is 0. The van der Waals surface area contributed by atoms with Gasteiger partial charge in [-0.25, -0.2) is 0 Å². The summed E-state index contributed by atoms with van der Waals surface area (Å²) in [5, 5.41) is 3.31. The van der Waals surface area contributed by atoms with Crippen LogP contribution in [0.5, 0.6) is 0 Å². The van der Waals surface area contributed by atoms with Crippen LogP contribution in [0.3, 0.4) is 0 Å². The minimum Gasteiger partial charge on any atom is -0.0843 e. The van der Waals surface area contributed by atoms with E-state index in [0.29, 0.717) is 0 Å². The lowest BCUT2D eigenvalue weighted by atomic mass is 9.55. The number of benzene rings is 6. The lowest BCUT2D eigenvalue weighted by Crippen LogP contribution is -2.40. The summed E-state index contributed by atoms with van der Waals surface area (Å²) in [6, 6.07) is 46.9. The molecular weight excluding hydrogens is 492 g/mol. The number of hydrogen-bond donors (Lipinski definition) is 0. The first-order valence-corrected chi connectivity index (χ1v) is 14.0. The predicted molar refractivity (Wildman–Crippen MR) is 164 cm³/mol. The minimum atomic E-state index is -0.446. The van der Waals surface area contributed by atoms with E-state index in [-0.39, 0.29) is 5.41 Å². The molecule has 0 heterocycles. The van der Waals surface area contributed by atoms with Gasteiger partial charge in [0.1, 0.15) is 0 Å². The lowest BCUT2D eigenvalue weighted by Gasteiger charge is -2.47. The Bertz CT molecular complexity index is 1960. The minimum absolute atomic E-state index is 0.148. The quantitative estimate of drug-likeness (QED) is 0.203. The predicted octanol–water partition coefficient (Wildman–Crippen LogP) is 10.2. The zero-order valence-electron chi connectivity index (χ0n) is 22.0. The van der Waals surface area contributed by atoms with Crippen molar-refractivity contribution in [3.8, 4) is 22.3 Å². The van der Waals surface area contributed by atoms with Crippen LogP contribution < -0.4 is 0 Å². The molecule has 0 saturated heterocycles. The maximum absolute atomic E-state index is 6.77. The fourth-order valence-corrected chi connectivity index (χ4v) is 7.69. The molecule has 1 spiro atoms. The van der Waals surface area contributed by atoms with Gasteiger partial charge < -0.3 is 0 Å². The van der Waals surface area contributed by atoms with Crippen LogP contribution in [0.15, 0.2) is 127 Å². The van der Waals surface area contributed by atoms with Gasteiger partial charge in [0.15, 0.2) is 0 Å². The molecule has 0 fully saturated rings. The van der Waals surface area contributed by atoms with E-state index in [9.17, 15) is 0 Å². The van der Waals surface area contributed by atoms with Crippen LogP contribution in [0.25, 0.3) is 33.0 Å². The molecule has 39 heavy (non-hydrogen) atoms. The van der Waals surface area contributed by atoms with E-state index >= 15 is 0 Å². The van der Waals surface area contributed by atoms with E-state index in [1.807, 2.05) is 6.07 Å². The first-order valence-electron chi connectivity index (χ1n) is 13.6. The average molecular weight is 519 g/mol. The van der Waals surface area contributed by atoms with Crippen LogP contribution in [-0.2, 0) is 10.8 Å². The molecule has 0 aliphatic heterocycles. The largest absolute Gasteiger partial charge is 0.0843 e. The van der Waals surface area contributed by atoms with Gasteiger partial charge in [-0.05, 0) is 84.6 Å². The van der Waals surface area contributed by atoms with Crippen LogP contribution >= 0.6 is 11.6 Å². The Hall–Kier alpha value is -4.13. The van der Waals surface area contributed by atoms with Crippen molar-refractivity contribution >= 4 is 22.4 Å². The second kappa shape index (κ2) is 7.94. The second-order valence-electron chi connectivity index (χ2n) is 11.4. The molecule has 6 aromatic rings. The third-order valence-electron chi connectivity index (χ3n) is 9.21. The standard InChI is InChI=1S/C38H27Cl/c1-37(2)32-16-7-8-17-34(32)38(31-15-6-5-13-29(31)30-20-19-26(39)23-35(30)38)36-22-25(18-21-33(36)37)28-14-9-11-24-10-3-4-12-27(24)28/h3-23H,1-2H3. The van der Waals surface area contributed by atoms with Crippen molar-refractivity contribution in [2.45, 2.75) is 24.7 Å². The summed E-state index contributed by atoms with van der Waals surface area (Å²) in [5.74, 6) is 0. The molecule has 0 saturated carbocycles. The van der Waals surface area contributed by atoms with Crippen molar-refractivity contribution in [1.82, 2.24) is 0 Å². The Morgan fingerprint density at radius 2 is 1.10 bits per heavy atom. The molecule has 1 unspecified atom stereocenters. The highest BCUT2D eigenvalue weighted by Gasteiger charge is 2.53. The fraction of sp³-hybridized carbons (Fsp3) is 0.105. The van der Waals surface area contributed by atoms with Crippen molar-refractivity contribution in [1.29, 1.82) is 0 Å². The third-order valence-corrected chi connectivity index (χ3v) is 9.44. The summed E-state index contributed by atoms with van der Waals surface area (Å²) in [7, 11) is 0. The van der Waals surface area contributed by atoms with Gasteiger partial charge in [0.05, 0.1) is 5.41 Å². The van der Waals surface area contributed by atoms with Gasteiger partial charge in [-0.15, -0.1) is 0 Å². The molecule has 0 nitrogen and oxygen atoms in total. The van der Waals surface area contributed by atoms with Gasteiger partial charge >= 0.3 is 0 Å². The van der Waals surface area contributed by atoms with Crippen LogP contribution in [0.4, 0.5) is 0 Å². The van der Waals surface area contributed by atoms with Gasteiger partial charge in [-0.3, -0.25) is 0 Å². The number of halogens is 1. The molecule has 0 aromatic heterocycles. The molecule has 6 aromatic carbocycles. The molecule has 0 N–H and O–H groups in total. The second-order valence-corrected chi connectivity index (χ2v) is 11.9. The van der Waals surface area contributed by atoms with Gasteiger partial charge in [-0.1, -0.05) is 135 Å². The van der Waals surface area contributed by atoms with Crippen LogP contribution in [0, 0.1) is 0 Å². The van der Waals surface area contributed by atoms with E-state index in [1.54, 1.807) is 0 Å². The van der Waals surface area contributed by atoms with Gasteiger partial charge in [0.25, 0.3) is 0 Å². The Balaban J connectivity index is 1.55. The monoisotopic (exact) mass is 518 g/mol. The van der Waals surface area contributed by atoms with Gasteiger partial charge in [-0.2, -0.15) is 0 Å². The van der Waals surface area contributed by atoms with E-state index < -0.39 is 5.41 Å². The van der Waals surface area contributed by atoms with Crippen molar-refractivity contribution < 1.29 is 0 Å². The summed E-state index contributed by atoms with van der Waals surface area (Å²) in [6.45, 7) is 4.74. The highest BCUT2D eigenvalue weighted by Crippen LogP contribution is 2.62. The zero-order valence-corrected chi connectivity index (χ0v) is 22.8. The number of fused-ring (bicyclic) bond motifs is 10. The maximum Gasteiger partial charge on any atom is 0.0720 e. The van der Waals surface area contributed by atoms with Crippen LogP contribution in [0.2, 0.25) is 5.02 Å². The molecule has 2 aliphatic carbocycles. The summed E-state index contributed by atoms with van der Waals surface area (Å²) >= 11 is 6.77. The topological polar surface area (TPSA) is 0 Å².